The number of nitrogens with one attached hydrogen (secondary N) is 1. The Morgan fingerprint density at radius 3 is 2.10 bits per heavy atom. The summed E-state index contributed by atoms with van der Waals surface area (Å²) < 4.78 is 50.3. The van der Waals surface area contributed by atoms with E-state index in [1.54, 1.807) is 20.8 Å². The number of halogens is 4. The van der Waals surface area contributed by atoms with E-state index in [0.29, 0.717) is 6.07 Å². The standard InChI is InChI=1S/C13H13F4NO2/c1-12(2,3)11(20)18-9-5-4-7(14)6-8(9)10(19)13(15,16)17/h4-6H,1-3H3,(H,18,20). The van der Waals surface area contributed by atoms with Crippen LogP contribution in [0.25, 0.3) is 0 Å². The van der Waals surface area contributed by atoms with Crippen LogP contribution in [0.4, 0.5) is 23.2 Å². The molecule has 0 unspecified atom stereocenters. The Hall–Kier alpha value is -1.92. The van der Waals surface area contributed by atoms with E-state index in [-0.39, 0.29) is 5.69 Å². The first-order chi connectivity index (χ1) is 8.93. The van der Waals surface area contributed by atoms with Crippen molar-refractivity contribution in [3.05, 3.63) is 29.6 Å². The summed E-state index contributed by atoms with van der Waals surface area (Å²) in [7, 11) is 0. The molecule has 1 aromatic rings. The number of Topliss-reactive ketones (excluding diaryl/α,β-unsaturated/α-hetero) is 1. The SMILES string of the molecule is CC(C)(C)C(=O)Nc1ccc(F)cc1C(=O)C(F)(F)F. The minimum atomic E-state index is -5.14. The van der Waals surface area contributed by atoms with Crippen LogP contribution < -0.4 is 5.32 Å². The lowest BCUT2D eigenvalue weighted by molar-refractivity contribution is -0.123. The van der Waals surface area contributed by atoms with Gasteiger partial charge in [-0.05, 0) is 18.2 Å². The van der Waals surface area contributed by atoms with Crippen molar-refractivity contribution in [2.24, 2.45) is 5.41 Å². The summed E-state index contributed by atoms with van der Waals surface area (Å²) in [5.74, 6) is -3.78. The summed E-state index contributed by atoms with van der Waals surface area (Å²) >= 11 is 0. The average Bonchev–Trinajstić information content (AvgIpc) is 2.27. The molecule has 0 fully saturated rings. The summed E-state index contributed by atoms with van der Waals surface area (Å²) in [6.07, 6.45) is -5.14. The van der Waals surface area contributed by atoms with E-state index in [4.69, 9.17) is 0 Å². The summed E-state index contributed by atoms with van der Waals surface area (Å²) in [5, 5.41) is 2.20. The lowest BCUT2D eigenvalue weighted by Crippen LogP contribution is -2.30. The van der Waals surface area contributed by atoms with Gasteiger partial charge in [-0.3, -0.25) is 9.59 Å². The van der Waals surface area contributed by atoms with Crippen molar-refractivity contribution in [2.75, 3.05) is 5.32 Å². The lowest BCUT2D eigenvalue weighted by Gasteiger charge is -2.19. The van der Waals surface area contributed by atoms with E-state index in [1.807, 2.05) is 0 Å². The van der Waals surface area contributed by atoms with E-state index in [9.17, 15) is 27.2 Å². The second-order valence-corrected chi connectivity index (χ2v) is 5.22. The van der Waals surface area contributed by atoms with E-state index in [0.717, 1.165) is 12.1 Å². The van der Waals surface area contributed by atoms with Gasteiger partial charge in [0.25, 0.3) is 5.78 Å². The molecule has 20 heavy (non-hydrogen) atoms. The highest BCUT2D eigenvalue weighted by Crippen LogP contribution is 2.28. The van der Waals surface area contributed by atoms with Gasteiger partial charge in [-0.1, -0.05) is 20.8 Å². The smallest absolute Gasteiger partial charge is 0.325 e. The highest BCUT2D eigenvalue weighted by Gasteiger charge is 2.41. The van der Waals surface area contributed by atoms with E-state index in [1.165, 1.54) is 0 Å². The maximum atomic E-state index is 13.0. The number of benzene rings is 1. The Morgan fingerprint density at radius 1 is 1.10 bits per heavy atom. The highest BCUT2D eigenvalue weighted by atomic mass is 19.4. The zero-order valence-corrected chi connectivity index (χ0v) is 11.1. The van der Waals surface area contributed by atoms with Gasteiger partial charge < -0.3 is 5.32 Å². The number of rotatable bonds is 2. The summed E-state index contributed by atoms with van der Waals surface area (Å²) in [6.45, 7) is 4.66. The molecule has 0 aliphatic carbocycles. The third-order valence-electron chi connectivity index (χ3n) is 2.41. The molecule has 0 bridgehead atoms. The number of hydrogen-bond donors (Lipinski definition) is 1. The Bertz CT molecular complexity index is 544. The molecule has 1 rings (SSSR count). The van der Waals surface area contributed by atoms with Gasteiger partial charge in [-0.15, -0.1) is 0 Å². The van der Waals surface area contributed by atoms with Crippen LogP contribution >= 0.6 is 0 Å². The molecule has 1 N–H and O–H groups in total. The molecule has 0 heterocycles. The maximum Gasteiger partial charge on any atom is 0.454 e. The average molecular weight is 291 g/mol. The van der Waals surface area contributed by atoms with Gasteiger partial charge in [0.1, 0.15) is 5.82 Å². The number of alkyl halides is 3. The normalized spacial score (nSPS) is 12.2. The van der Waals surface area contributed by atoms with Crippen LogP contribution in [0.3, 0.4) is 0 Å². The number of carbonyl (C=O) groups excluding carboxylic acids is 2. The molecule has 0 aliphatic rings. The van der Waals surface area contributed by atoms with E-state index in [2.05, 4.69) is 5.32 Å². The molecular formula is C13H13F4NO2. The van der Waals surface area contributed by atoms with Crippen molar-refractivity contribution >= 4 is 17.4 Å². The first-order valence-corrected chi connectivity index (χ1v) is 5.65. The zero-order valence-electron chi connectivity index (χ0n) is 11.1. The number of amides is 1. The Balaban J connectivity index is 3.22. The summed E-state index contributed by atoms with van der Waals surface area (Å²) in [4.78, 5) is 23.0. The van der Waals surface area contributed by atoms with Crippen LogP contribution in [0, 0.1) is 11.2 Å². The van der Waals surface area contributed by atoms with Crippen LogP contribution in [-0.4, -0.2) is 17.9 Å². The third-order valence-corrected chi connectivity index (χ3v) is 2.41. The van der Waals surface area contributed by atoms with Gasteiger partial charge in [0.05, 0.1) is 11.3 Å². The van der Waals surface area contributed by atoms with Crippen LogP contribution in [0.1, 0.15) is 31.1 Å². The monoisotopic (exact) mass is 291 g/mol. The van der Waals surface area contributed by atoms with Gasteiger partial charge in [0, 0.05) is 5.41 Å². The van der Waals surface area contributed by atoms with Gasteiger partial charge in [0.15, 0.2) is 0 Å². The Kier molecular flexibility index (Phi) is 4.21. The first kappa shape index (κ1) is 16.1. The molecule has 0 spiro atoms. The van der Waals surface area contributed by atoms with Gasteiger partial charge in [-0.25, -0.2) is 4.39 Å². The molecule has 110 valence electrons. The topological polar surface area (TPSA) is 46.2 Å². The van der Waals surface area contributed by atoms with E-state index < -0.39 is 34.7 Å². The highest BCUT2D eigenvalue weighted by molar-refractivity contribution is 6.08. The number of carbonyl (C=O) groups is 2. The van der Waals surface area contributed by atoms with Gasteiger partial charge >= 0.3 is 6.18 Å². The molecule has 7 heteroatoms. The molecule has 1 amide bonds. The van der Waals surface area contributed by atoms with Gasteiger partial charge in [0.2, 0.25) is 5.91 Å². The summed E-state index contributed by atoms with van der Waals surface area (Å²) in [5.41, 5.74) is -2.16. The molecule has 0 saturated heterocycles. The van der Waals surface area contributed by atoms with Crippen molar-refractivity contribution in [3.8, 4) is 0 Å². The second kappa shape index (κ2) is 5.22. The van der Waals surface area contributed by atoms with Crippen molar-refractivity contribution in [1.29, 1.82) is 0 Å². The molecule has 0 aromatic heterocycles. The molecule has 0 aliphatic heterocycles. The van der Waals surface area contributed by atoms with Crippen LogP contribution in [0.2, 0.25) is 0 Å². The zero-order chi connectivity index (χ0) is 15.7. The van der Waals surface area contributed by atoms with E-state index >= 15 is 0 Å². The number of anilines is 1. The van der Waals surface area contributed by atoms with Crippen molar-refractivity contribution in [3.63, 3.8) is 0 Å². The van der Waals surface area contributed by atoms with Crippen molar-refractivity contribution in [1.82, 2.24) is 0 Å². The van der Waals surface area contributed by atoms with Crippen LogP contribution in [-0.2, 0) is 4.79 Å². The Labute approximate surface area is 113 Å². The quantitative estimate of drug-likeness (QED) is 0.669. The molecule has 3 nitrogen and oxygen atoms in total. The third kappa shape index (κ3) is 3.79. The first-order valence-electron chi connectivity index (χ1n) is 5.65. The Morgan fingerprint density at radius 2 is 1.65 bits per heavy atom. The van der Waals surface area contributed by atoms with Crippen molar-refractivity contribution < 1.29 is 27.2 Å². The lowest BCUT2D eigenvalue weighted by atomic mass is 9.95. The summed E-state index contributed by atoms with van der Waals surface area (Å²) in [6, 6.07) is 2.25. The van der Waals surface area contributed by atoms with Crippen LogP contribution in [0.15, 0.2) is 18.2 Å². The number of hydrogen-bond acceptors (Lipinski definition) is 2. The fourth-order valence-corrected chi connectivity index (χ4v) is 1.28. The molecule has 1 aromatic carbocycles. The fraction of sp³-hybridized carbons (Fsp3) is 0.385. The number of ketones is 1. The minimum Gasteiger partial charge on any atom is -0.325 e. The molecule has 0 atom stereocenters. The van der Waals surface area contributed by atoms with Crippen LogP contribution in [0.5, 0.6) is 0 Å². The molecular weight excluding hydrogens is 278 g/mol. The van der Waals surface area contributed by atoms with Gasteiger partial charge in [-0.2, -0.15) is 13.2 Å². The van der Waals surface area contributed by atoms with Crippen molar-refractivity contribution in [2.45, 2.75) is 26.9 Å². The maximum absolute atomic E-state index is 13.0. The molecule has 0 saturated carbocycles. The molecule has 0 radical (unpaired) electrons. The largest absolute Gasteiger partial charge is 0.454 e. The minimum absolute atomic E-state index is 0.367. The second-order valence-electron chi connectivity index (χ2n) is 5.22. The predicted molar refractivity (Wildman–Crippen MR) is 64.9 cm³/mol. The fourth-order valence-electron chi connectivity index (χ4n) is 1.28. The predicted octanol–water partition coefficient (Wildman–Crippen LogP) is 3.56.